The number of aliphatic hydroxyl groups excluding tert-OH is 2. The fourth-order valence-corrected chi connectivity index (χ4v) is 5.51. The smallest absolute Gasteiger partial charge is 0.251 e. The zero-order valence-corrected chi connectivity index (χ0v) is 25.0. The molecular formula is C32H41N5O6. The predicted molar refractivity (Wildman–Crippen MR) is 165 cm³/mol. The van der Waals surface area contributed by atoms with Crippen LogP contribution in [0.3, 0.4) is 0 Å². The van der Waals surface area contributed by atoms with Gasteiger partial charge in [-0.05, 0) is 54.8 Å². The Bertz CT molecular complexity index is 1430. The van der Waals surface area contributed by atoms with Crippen LogP contribution in [0.4, 0.5) is 11.4 Å². The summed E-state index contributed by atoms with van der Waals surface area (Å²) >= 11 is 0. The number of nitrogen functional groups attached to an aromatic ring is 1. The van der Waals surface area contributed by atoms with E-state index in [0.29, 0.717) is 35.5 Å². The number of benzene rings is 3. The number of rotatable bonds is 12. The standard InChI is InChI=1S/C32H41N5O6/c1-19(39)28-27(18-38)43-37(29(28)31(34)40)17-21-6-5-7-26(30(21)42-4)22-14-23(16-25(15-22)36(2)3)32(41)35-13-12-20-8-10-24(33)11-9-20/h5-11,14-16,19,27-29,38-39H,12-13,17-18,33H2,1-4H3,(H2,34,40)(H,35,41)/t19-,27-,28+,29-/m0/s1. The first-order valence-corrected chi connectivity index (χ1v) is 14.2. The summed E-state index contributed by atoms with van der Waals surface area (Å²) in [6, 6.07) is 17.8. The van der Waals surface area contributed by atoms with Crippen LogP contribution in [0.2, 0.25) is 0 Å². The molecule has 1 heterocycles. The second-order valence-corrected chi connectivity index (χ2v) is 11.0. The lowest BCUT2D eigenvalue weighted by atomic mass is 9.89. The van der Waals surface area contributed by atoms with Crippen LogP contribution >= 0.6 is 0 Å². The van der Waals surface area contributed by atoms with Gasteiger partial charge in [0.1, 0.15) is 17.9 Å². The van der Waals surface area contributed by atoms with Gasteiger partial charge in [0.25, 0.3) is 5.91 Å². The zero-order valence-electron chi connectivity index (χ0n) is 25.0. The van der Waals surface area contributed by atoms with Crippen molar-refractivity contribution in [1.82, 2.24) is 10.4 Å². The second-order valence-electron chi connectivity index (χ2n) is 11.0. The van der Waals surface area contributed by atoms with Gasteiger partial charge < -0.3 is 36.6 Å². The number of ether oxygens (including phenoxy) is 1. The van der Waals surface area contributed by atoms with Gasteiger partial charge in [-0.3, -0.25) is 14.4 Å². The molecule has 0 aromatic heterocycles. The van der Waals surface area contributed by atoms with E-state index in [0.717, 1.165) is 22.4 Å². The molecule has 0 aliphatic carbocycles. The highest BCUT2D eigenvalue weighted by molar-refractivity contribution is 5.97. The molecule has 3 aromatic rings. The Labute approximate surface area is 251 Å². The van der Waals surface area contributed by atoms with Gasteiger partial charge in [-0.2, -0.15) is 5.06 Å². The van der Waals surface area contributed by atoms with Gasteiger partial charge in [-0.1, -0.05) is 30.3 Å². The quantitative estimate of drug-likeness (QED) is 0.198. The second kappa shape index (κ2) is 13.9. The normalized spacial score (nSPS) is 19.2. The lowest BCUT2D eigenvalue weighted by Gasteiger charge is -2.25. The van der Waals surface area contributed by atoms with E-state index >= 15 is 0 Å². The van der Waals surface area contributed by atoms with Crippen molar-refractivity contribution < 1.29 is 29.4 Å². The van der Waals surface area contributed by atoms with Crippen molar-refractivity contribution in [1.29, 1.82) is 0 Å². The minimum atomic E-state index is -0.953. The van der Waals surface area contributed by atoms with Crippen molar-refractivity contribution in [3.8, 4) is 16.9 Å². The van der Waals surface area contributed by atoms with Crippen LogP contribution in [0.25, 0.3) is 11.1 Å². The molecule has 7 N–H and O–H groups in total. The Morgan fingerprint density at radius 2 is 1.86 bits per heavy atom. The summed E-state index contributed by atoms with van der Waals surface area (Å²) in [4.78, 5) is 33.5. The molecule has 0 bridgehead atoms. The Hall–Kier alpha value is -4.16. The van der Waals surface area contributed by atoms with E-state index < -0.39 is 30.1 Å². The molecule has 4 rings (SSSR count). The lowest BCUT2D eigenvalue weighted by Crippen LogP contribution is -2.47. The molecule has 43 heavy (non-hydrogen) atoms. The van der Waals surface area contributed by atoms with E-state index in [9.17, 15) is 19.8 Å². The lowest BCUT2D eigenvalue weighted by molar-refractivity contribution is -0.181. The third-order valence-electron chi connectivity index (χ3n) is 7.72. The largest absolute Gasteiger partial charge is 0.496 e. The van der Waals surface area contributed by atoms with Crippen LogP contribution in [0.15, 0.2) is 60.7 Å². The van der Waals surface area contributed by atoms with Gasteiger partial charge in [0, 0.05) is 54.6 Å². The van der Waals surface area contributed by atoms with Gasteiger partial charge in [-0.25, -0.2) is 0 Å². The number of nitrogens with zero attached hydrogens (tertiary/aromatic N) is 2. The van der Waals surface area contributed by atoms with Crippen LogP contribution < -0.4 is 26.4 Å². The average Bonchev–Trinajstić information content (AvgIpc) is 3.36. The number of nitrogens with two attached hydrogens (primary N) is 2. The highest BCUT2D eigenvalue weighted by Gasteiger charge is 2.48. The van der Waals surface area contributed by atoms with E-state index in [1.165, 1.54) is 5.06 Å². The predicted octanol–water partition coefficient (Wildman–Crippen LogP) is 1.94. The fourth-order valence-electron chi connectivity index (χ4n) is 5.51. The molecule has 0 spiro atoms. The SMILES string of the molecule is COc1c(CN2O[C@@H](CO)[C@@H]([C@H](C)O)[C@H]2C(N)=O)cccc1-c1cc(C(=O)NCCc2ccc(N)cc2)cc(N(C)C)c1. The number of nitrogens with one attached hydrogen (secondary N) is 1. The van der Waals surface area contributed by atoms with E-state index in [2.05, 4.69) is 5.32 Å². The number of carbonyl (C=O) groups is 2. The molecule has 1 aliphatic rings. The first-order valence-electron chi connectivity index (χ1n) is 14.2. The summed E-state index contributed by atoms with van der Waals surface area (Å²) in [6.45, 7) is 1.73. The van der Waals surface area contributed by atoms with Crippen LogP contribution in [0, 0.1) is 5.92 Å². The molecule has 0 radical (unpaired) electrons. The molecule has 3 aromatic carbocycles. The van der Waals surface area contributed by atoms with Gasteiger partial charge in [0.15, 0.2) is 0 Å². The van der Waals surface area contributed by atoms with Gasteiger partial charge >= 0.3 is 0 Å². The number of para-hydroxylation sites is 1. The number of amides is 2. The number of carbonyl (C=O) groups excluding carboxylic acids is 2. The maximum atomic E-state index is 13.3. The maximum absolute atomic E-state index is 13.3. The van der Waals surface area contributed by atoms with E-state index in [1.807, 2.05) is 79.7 Å². The summed E-state index contributed by atoms with van der Waals surface area (Å²) in [5, 5.41) is 24.6. The van der Waals surface area contributed by atoms with Crippen molar-refractivity contribution in [2.45, 2.75) is 38.1 Å². The Morgan fingerprint density at radius 1 is 1.14 bits per heavy atom. The molecule has 1 fully saturated rings. The van der Waals surface area contributed by atoms with Crippen LogP contribution in [-0.2, 0) is 22.6 Å². The molecule has 230 valence electrons. The molecule has 11 heteroatoms. The number of methoxy groups -OCH3 is 1. The highest BCUT2D eigenvalue weighted by atomic mass is 16.7. The Kier molecular flexibility index (Phi) is 10.3. The number of anilines is 2. The highest BCUT2D eigenvalue weighted by Crippen LogP contribution is 2.38. The van der Waals surface area contributed by atoms with Crippen molar-refractivity contribution in [2.75, 3.05) is 45.0 Å². The summed E-state index contributed by atoms with van der Waals surface area (Å²) < 4.78 is 5.87. The van der Waals surface area contributed by atoms with E-state index in [-0.39, 0.29) is 19.1 Å². The molecule has 1 saturated heterocycles. The monoisotopic (exact) mass is 591 g/mol. The zero-order chi connectivity index (χ0) is 31.3. The number of aliphatic hydroxyl groups is 2. The van der Waals surface area contributed by atoms with Crippen LogP contribution in [-0.4, -0.2) is 79.7 Å². The molecule has 0 unspecified atom stereocenters. The van der Waals surface area contributed by atoms with Gasteiger partial charge in [0.2, 0.25) is 5.91 Å². The minimum absolute atomic E-state index is 0.107. The third-order valence-corrected chi connectivity index (χ3v) is 7.72. The molecule has 11 nitrogen and oxygen atoms in total. The average molecular weight is 592 g/mol. The van der Waals surface area contributed by atoms with E-state index in [1.54, 1.807) is 14.0 Å². The minimum Gasteiger partial charge on any atom is -0.496 e. The number of hydrogen-bond acceptors (Lipinski definition) is 9. The molecule has 4 atom stereocenters. The fraction of sp³-hybridized carbons (Fsp3) is 0.375. The topological polar surface area (TPSA) is 164 Å². The molecule has 1 aliphatic heterocycles. The summed E-state index contributed by atoms with van der Waals surface area (Å²) in [5.74, 6) is -1.04. The van der Waals surface area contributed by atoms with Crippen molar-refractivity contribution in [3.63, 3.8) is 0 Å². The maximum Gasteiger partial charge on any atom is 0.251 e. The molecular weight excluding hydrogens is 550 g/mol. The molecule has 2 amide bonds. The summed E-state index contributed by atoms with van der Waals surface area (Å²) in [6.07, 6.45) is -1.05. The van der Waals surface area contributed by atoms with Gasteiger partial charge in [0.05, 0.1) is 26.4 Å². The number of hydrogen-bond donors (Lipinski definition) is 5. The first-order chi connectivity index (χ1) is 20.5. The van der Waals surface area contributed by atoms with Crippen molar-refractivity contribution >= 4 is 23.2 Å². The van der Waals surface area contributed by atoms with Crippen LogP contribution in [0.1, 0.15) is 28.4 Å². The first kappa shape index (κ1) is 31.8. The summed E-state index contributed by atoms with van der Waals surface area (Å²) in [7, 11) is 5.36. The van der Waals surface area contributed by atoms with Crippen molar-refractivity contribution in [3.05, 3.63) is 77.4 Å². The number of primary amides is 1. The molecule has 0 saturated carbocycles. The van der Waals surface area contributed by atoms with Crippen molar-refractivity contribution in [2.24, 2.45) is 11.7 Å². The number of hydroxylamine groups is 2. The Balaban J connectivity index is 1.63. The van der Waals surface area contributed by atoms with Gasteiger partial charge in [-0.15, -0.1) is 0 Å². The summed E-state index contributed by atoms with van der Waals surface area (Å²) in [5.41, 5.74) is 16.8. The van der Waals surface area contributed by atoms with E-state index in [4.69, 9.17) is 21.0 Å². The van der Waals surface area contributed by atoms with Crippen LogP contribution in [0.5, 0.6) is 5.75 Å². The third kappa shape index (κ3) is 7.26. The Morgan fingerprint density at radius 3 is 2.47 bits per heavy atom.